The average Bonchev–Trinajstić information content (AvgIpc) is 3.63. The number of amides is 3. The van der Waals surface area contributed by atoms with Crippen molar-refractivity contribution in [3.05, 3.63) is 113 Å². The summed E-state index contributed by atoms with van der Waals surface area (Å²) in [6, 6.07) is 18.9. The van der Waals surface area contributed by atoms with Crippen LogP contribution in [-0.4, -0.2) is 63.3 Å². The second-order valence-corrected chi connectivity index (χ2v) is 13.6. The van der Waals surface area contributed by atoms with E-state index in [4.69, 9.17) is 4.74 Å². The van der Waals surface area contributed by atoms with Crippen LogP contribution in [0.15, 0.2) is 90.4 Å². The molecule has 0 saturated carbocycles. The number of hydrogen-bond donors (Lipinski definition) is 5. The minimum absolute atomic E-state index is 0.00729. The molecule has 3 aromatic carbocycles. The summed E-state index contributed by atoms with van der Waals surface area (Å²) in [7, 11) is 0. The maximum Gasteiger partial charge on any atom is 0.408 e. The van der Waals surface area contributed by atoms with E-state index in [1.54, 1.807) is 6.20 Å². The van der Waals surface area contributed by atoms with Crippen molar-refractivity contribution in [3.8, 4) is 0 Å². The van der Waals surface area contributed by atoms with Crippen molar-refractivity contribution in [1.82, 2.24) is 25.9 Å². The van der Waals surface area contributed by atoms with Crippen molar-refractivity contribution in [1.29, 1.82) is 0 Å². The minimum atomic E-state index is -1.17. The molecular formula is C38H48N8O5. The van der Waals surface area contributed by atoms with Gasteiger partial charge in [-0.15, -0.1) is 0 Å². The number of benzene rings is 3. The van der Waals surface area contributed by atoms with Gasteiger partial charge in [0.1, 0.15) is 18.7 Å². The molecule has 0 aliphatic carbocycles. The summed E-state index contributed by atoms with van der Waals surface area (Å²) >= 11 is 0. The molecular weight excluding hydrogens is 648 g/mol. The summed E-state index contributed by atoms with van der Waals surface area (Å²) < 4.78 is 5.47. The number of imidazole rings is 1. The molecule has 13 nitrogen and oxygen atoms in total. The average molecular weight is 697 g/mol. The number of aliphatic hydroxyl groups excluding tert-OH is 1. The van der Waals surface area contributed by atoms with E-state index < -0.39 is 48.2 Å². The van der Waals surface area contributed by atoms with Crippen LogP contribution in [-0.2, 0) is 33.8 Å². The number of alkyl carbamates (subject to hydrolysis) is 1. The third kappa shape index (κ3) is 11.9. The van der Waals surface area contributed by atoms with E-state index in [1.165, 1.54) is 6.33 Å². The Morgan fingerprint density at radius 2 is 1.53 bits per heavy atom. The lowest BCUT2D eigenvalue weighted by atomic mass is 9.90. The number of nitrogens with one attached hydrogen (secondary N) is 4. The van der Waals surface area contributed by atoms with Crippen molar-refractivity contribution in [2.45, 2.75) is 90.3 Å². The van der Waals surface area contributed by atoms with E-state index in [1.807, 2.05) is 100 Å². The maximum absolute atomic E-state index is 14.2. The van der Waals surface area contributed by atoms with Gasteiger partial charge in [0.2, 0.25) is 11.8 Å². The molecule has 13 heteroatoms. The first-order chi connectivity index (χ1) is 24.5. The first-order valence-corrected chi connectivity index (χ1v) is 17.3. The van der Waals surface area contributed by atoms with Crippen LogP contribution in [0.2, 0.25) is 0 Å². The monoisotopic (exact) mass is 696 g/mol. The fourth-order valence-electron chi connectivity index (χ4n) is 6.05. The molecule has 0 bridgehead atoms. The third-order valence-electron chi connectivity index (χ3n) is 8.51. The molecule has 0 radical (unpaired) electrons. The number of azide groups is 1. The normalized spacial score (nSPS) is 14.2. The van der Waals surface area contributed by atoms with Crippen LogP contribution in [0.4, 0.5) is 4.79 Å². The van der Waals surface area contributed by atoms with Crippen LogP contribution in [0, 0.1) is 11.8 Å². The second kappa shape index (κ2) is 19.1. The van der Waals surface area contributed by atoms with Gasteiger partial charge in [0, 0.05) is 29.6 Å². The second-order valence-electron chi connectivity index (χ2n) is 13.6. The van der Waals surface area contributed by atoms with E-state index in [9.17, 15) is 25.0 Å². The van der Waals surface area contributed by atoms with Crippen LogP contribution in [0.1, 0.15) is 57.4 Å². The first kappa shape index (κ1) is 38.4. The Morgan fingerprint density at radius 1 is 0.863 bits per heavy atom. The Bertz CT molecular complexity index is 1750. The lowest BCUT2D eigenvalue weighted by molar-refractivity contribution is -0.131. The highest BCUT2D eigenvalue weighted by molar-refractivity contribution is 5.93. The molecule has 0 saturated heterocycles. The van der Waals surface area contributed by atoms with Crippen LogP contribution in [0.25, 0.3) is 21.2 Å². The molecule has 1 aromatic heterocycles. The Hall–Kier alpha value is -5.39. The van der Waals surface area contributed by atoms with Crippen LogP contribution in [0.3, 0.4) is 0 Å². The summed E-state index contributed by atoms with van der Waals surface area (Å²) in [5, 5.41) is 25.7. The minimum Gasteiger partial charge on any atom is -0.445 e. The Kier molecular flexibility index (Phi) is 14.4. The van der Waals surface area contributed by atoms with Crippen LogP contribution in [0.5, 0.6) is 0 Å². The maximum atomic E-state index is 14.2. The van der Waals surface area contributed by atoms with Crippen LogP contribution >= 0.6 is 0 Å². The molecule has 0 aliphatic rings. The fourth-order valence-corrected chi connectivity index (χ4v) is 6.05. The van der Waals surface area contributed by atoms with Crippen molar-refractivity contribution < 1.29 is 24.2 Å². The quantitative estimate of drug-likeness (QED) is 0.0500. The van der Waals surface area contributed by atoms with Gasteiger partial charge in [0.05, 0.1) is 24.5 Å². The fraction of sp³-hybridized carbons (Fsp3) is 0.421. The SMILES string of the molecule is CC(C)CC(N=[N+]=[N-])C(O)[C@@H](CC(C)C)NC(=O)[C@H](Cc1cnc[nH]1)NC(=O)[C@H](Cc1cccc2ccccc12)NC(=O)OCc1ccccc1. The number of hydrogen-bond acceptors (Lipinski definition) is 7. The molecule has 4 rings (SSSR count). The zero-order valence-electron chi connectivity index (χ0n) is 29.5. The highest BCUT2D eigenvalue weighted by Gasteiger charge is 2.33. The smallest absolute Gasteiger partial charge is 0.408 e. The standard InChI is InChI=1S/C38H48N8O5/c1-24(2)17-31(35(47)32(45-46-39)18-25(3)4)42-37(49)34(20-29-21-40-23-41-29)43-36(48)33(44-38(50)51-22-26-11-6-5-7-12-26)19-28-15-10-14-27-13-8-9-16-30(27)28/h5-16,21,23-25,31-35,47H,17-20,22H2,1-4H3,(H,40,41)(H,42,49)(H,43,48)(H,44,50)/t31-,32?,33+,34+,35?/m1/s1. The van der Waals surface area contributed by atoms with Gasteiger partial charge in [0.15, 0.2) is 0 Å². The molecule has 0 fully saturated rings. The zero-order chi connectivity index (χ0) is 36.8. The van der Waals surface area contributed by atoms with Gasteiger partial charge >= 0.3 is 6.09 Å². The molecule has 3 amide bonds. The predicted octanol–water partition coefficient (Wildman–Crippen LogP) is 5.74. The lowest BCUT2D eigenvalue weighted by Crippen LogP contribution is -2.58. The summed E-state index contributed by atoms with van der Waals surface area (Å²) in [4.78, 5) is 51.3. The highest BCUT2D eigenvalue weighted by atomic mass is 16.5. The largest absolute Gasteiger partial charge is 0.445 e. The number of carbonyl (C=O) groups is 3. The molecule has 4 aromatic rings. The number of aliphatic hydroxyl groups is 1. The van der Waals surface area contributed by atoms with Gasteiger partial charge in [-0.05, 0) is 52.1 Å². The van der Waals surface area contributed by atoms with Gasteiger partial charge < -0.3 is 30.8 Å². The highest BCUT2D eigenvalue weighted by Crippen LogP contribution is 2.21. The van der Waals surface area contributed by atoms with Gasteiger partial charge in [-0.2, -0.15) is 0 Å². The summed E-state index contributed by atoms with van der Waals surface area (Å²) in [5.41, 5.74) is 11.4. The van der Waals surface area contributed by atoms with E-state index in [2.05, 4.69) is 35.9 Å². The third-order valence-corrected chi connectivity index (χ3v) is 8.51. The molecule has 5 N–H and O–H groups in total. The van der Waals surface area contributed by atoms with Crippen molar-refractivity contribution in [2.75, 3.05) is 0 Å². The van der Waals surface area contributed by atoms with E-state index in [0.29, 0.717) is 18.5 Å². The summed E-state index contributed by atoms with van der Waals surface area (Å²) in [6.07, 6.45) is 2.05. The van der Waals surface area contributed by atoms with Crippen LogP contribution < -0.4 is 16.0 Å². The lowest BCUT2D eigenvalue weighted by Gasteiger charge is -2.32. The number of aromatic amines is 1. The molecule has 1 heterocycles. The number of aromatic nitrogens is 2. The number of ether oxygens (including phenoxy) is 1. The first-order valence-electron chi connectivity index (χ1n) is 17.3. The van der Waals surface area contributed by atoms with E-state index >= 15 is 0 Å². The summed E-state index contributed by atoms with van der Waals surface area (Å²) in [5.74, 6) is -0.953. The molecule has 270 valence electrons. The van der Waals surface area contributed by atoms with E-state index in [-0.39, 0.29) is 31.3 Å². The topological polar surface area (TPSA) is 194 Å². The number of fused-ring (bicyclic) bond motifs is 1. The molecule has 2 unspecified atom stereocenters. The molecule has 5 atom stereocenters. The number of rotatable bonds is 18. The van der Waals surface area contributed by atoms with Gasteiger partial charge in [-0.3, -0.25) is 9.59 Å². The van der Waals surface area contributed by atoms with Crippen molar-refractivity contribution >= 4 is 28.7 Å². The number of carbonyl (C=O) groups excluding carboxylic acids is 3. The summed E-state index contributed by atoms with van der Waals surface area (Å²) in [6.45, 7) is 7.84. The Balaban J connectivity index is 1.60. The predicted molar refractivity (Wildman–Crippen MR) is 195 cm³/mol. The van der Waals surface area contributed by atoms with Crippen molar-refractivity contribution in [2.24, 2.45) is 17.0 Å². The Morgan fingerprint density at radius 3 is 2.22 bits per heavy atom. The number of nitrogens with zero attached hydrogens (tertiary/aromatic N) is 4. The van der Waals surface area contributed by atoms with Gasteiger partial charge in [-0.1, -0.05) is 106 Å². The zero-order valence-corrected chi connectivity index (χ0v) is 29.5. The molecule has 0 spiro atoms. The van der Waals surface area contributed by atoms with Gasteiger partial charge in [0.25, 0.3) is 0 Å². The Labute approximate surface area is 298 Å². The van der Waals surface area contributed by atoms with Gasteiger partial charge in [-0.25, -0.2) is 9.78 Å². The van der Waals surface area contributed by atoms with Crippen molar-refractivity contribution in [3.63, 3.8) is 0 Å². The van der Waals surface area contributed by atoms with E-state index in [0.717, 1.165) is 21.9 Å². The molecule has 51 heavy (non-hydrogen) atoms. The molecule has 0 aliphatic heterocycles. The number of H-pyrrole nitrogens is 1.